The van der Waals surface area contributed by atoms with Crippen LogP contribution >= 0.6 is 11.8 Å². The summed E-state index contributed by atoms with van der Waals surface area (Å²) in [6, 6.07) is 0.227. The molecule has 2 heterocycles. The van der Waals surface area contributed by atoms with E-state index in [0.29, 0.717) is 29.9 Å². The first-order chi connectivity index (χ1) is 10.9. The van der Waals surface area contributed by atoms with Crippen LogP contribution in [0.5, 0.6) is 0 Å². The molecule has 1 saturated heterocycles. The number of aromatic nitrogens is 2. The van der Waals surface area contributed by atoms with Crippen LogP contribution in [0.2, 0.25) is 0 Å². The Morgan fingerprint density at radius 2 is 2.17 bits per heavy atom. The van der Waals surface area contributed by atoms with Gasteiger partial charge in [0.15, 0.2) is 9.84 Å². The second-order valence-corrected chi connectivity index (χ2v) is 9.57. The summed E-state index contributed by atoms with van der Waals surface area (Å²) >= 11 is 1.21. The lowest BCUT2D eigenvalue weighted by Crippen LogP contribution is -2.35. The van der Waals surface area contributed by atoms with Crippen molar-refractivity contribution in [1.82, 2.24) is 15.5 Å². The van der Waals surface area contributed by atoms with E-state index < -0.39 is 9.84 Å². The van der Waals surface area contributed by atoms with Gasteiger partial charge in [0.25, 0.3) is 5.22 Å². The van der Waals surface area contributed by atoms with Gasteiger partial charge < -0.3 is 9.73 Å². The number of nitrogens with one attached hydrogen (secondary N) is 1. The molecule has 2 aliphatic rings. The maximum Gasteiger partial charge on any atom is 0.277 e. The summed E-state index contributed by atoms with van der Waals surface area (Å²) in [5, 5.41) is 11.2. The van der Waals surface area contributed by atoms with Crippen LogP contribution in [0.4, 0.5) is 0 Å². The van der Waals surface area contributed by atoms with Crippen molar-refractivity contribution in [2.24, 2.45) is 11.8 Å². The quantitative estimate of drug-likeness (QED) is 0.726. The molecule has 1 aliphatic carbocycles. The van der Waals surface area contributed by atoms with Gasteiger partial charge in [-0.3, -0.25) is 4.79 Å². The van der Waals surface area contributed by atoms with Gasteiger partial charge in [0.05, 0.1) is 17.3 Å². The van der Waals surface area contributed by atoms with E-state index in [4.69, 9.17) is 4.42 Å². The van der Waals surface area contributed by atoms with Gasteiger partial charge in [0.2, 0.25) is 11.8 Å². The number of nitrogens with zero attached hydrogens (tertiary/aromatic N) is 2. The summed E-state index contributed by atoms with van der Waals surface area (Å²) in [6.07, 6.45) is 3.52. The van der Waals surface area contributed by atoms with Gasteiger partial charge in [-0.25, -0.2) is 8.42 Å². The second-order valence-electron chi connectivity index (χ2n) is 6.42. The maximum absolute atomic E-state index is 11.8. The van der Waals surface area contributed by atoms with E-state index in [1.54, 1.807) is 0 Å². The first-order valence-electron chi connectivity index (χ1n) is 7.86. The molecule has 0 bridgehead atoms. The second kappa shape index (κ2) is 6.80. The molecular formula is C14H21N3O4S2. The summed E-state index contributed by atoms with van der Waals surface area (Å²) in [4.78, 5) is 11.8. The normalized spacial score (nSPS) is 24.5. The molecule has 23 heavy (non-hydrogen) atoms. The first kappa shape index (κ1) is 16.8. The predicted molar refractivity (Wildman–Crippen MR) is 85.8 cm³/mol. The van der Waals surface area contributed by atoms with Crippen LogP contribution in [0.1, 0.15) is 32.1 Å². The van der Waals surface area contributed by atoms with Gasteiger partial charge in [-0.05, 0) is 38.0 Å². The molecule has 0 unspecified atom stereocenters. The Labute approximate surface area is 139 Å². The summed E-state index contributed by atoms with van der Waals surface area (Å²) in [5.41, 5.74) is 0. The Bertz CT molecular complexity index is 669. The van der Waals surface area contributed by atoms with E-state index in [9.17, 15) is 13.2 Å². The van der Waals surface area contributed by atoms with E-state index in [-0.39, 0.29) is 35.1 Å². The van der Waals surface area contributed by atoms with Crippen LogP contribution in [0, 0.1) is 11.8 Å². The molecule has 3 rings (SSSR count). The van der Waals surface area contributed by atoms with Crippen molar-refractivity contribution in [1.29, 1.82) is 0 Å². The highest BCUT2D eigenvalue weighted by molar-refractivity contribution is 7.99. The third kappa shape index (κ3) is 4.94. The van der Waals surface area contributed by atoms with Crippen LogP contribution in [0.15, 0.2) is 9.64 Å². The number of carbonyl (C=O) groups excluding carboxylic acids is 1. The predicted octanol–water partition coefficient (Wildman–Crippen LogP) is 1.05. The third-order valence-corrected chi connectivity index (χ3v) is 6.94. The lowest BCUT2D eigenvalue weighted by atomic mass is 10.1. The van der Waals surface area contributed by atoms with Crippen LogP contribution in [0.25, 0.3) is 0 Å². The molecule has 128 valence electrons. The average molecular weight is 359 g/mol. The summed E-state index contributed by atoms with van der Waals surface area (Å²) in [6.45, 7) is 2.03. The van der Waals surface area contributed by atoms with Crippen LogP contribution < -0.4 is 5.32 Å². The van der Waals surface area contributed by atoms with Gasteiger partial charge in [-0.1, -0.05) is 11.8 Å². The number of thioether (sulfide) groups is 1. The number of hydrogen-bond donors (Lipinski definition) is 1. The van der Waals surface area contributed by atoms with Crippen molar-refractivity contribution >= 4 is 27.5 Å². The Hall–Kier alpha value is -1.09. The van der Waals surface area contributed by atoms with Crippen molar-refractivity contribution in [3.63, 3.8) is 0 Å². The zero-order valence-corrected chi connectivity index (χ0v) is 14.7. The molecule has 1 aromatic rings. The molecule has 2 atom stereocenters. The smallest absolute Gasteiger partial charge is 0.277 e. The molecule has 1 amide bonds. The Kier molecular flexibility index (Phi) is 4.96. The van der Waals surface area contributed by atoms with Crippen molar-refractivity contribution < 1.29 is 17.6 Å². The third-order valence-electron chi connectivity index (χ3n) is 4.28. The topological polar surface area (TPSA) is 102 Å². The number of amides is 1. The van der Waals surface area contributed by atoms with E-state index in [0.717, 1.165) is 0 Å². The van der Waals surface area contributed by atoms with Crippen molar-refractivity contribution in [3.05, 3.63) is 5.89 Å². The number of hydrogen-bond acceptors (Lipinski definition) is 7. The van der Waals surface area contributed by atoms with Gasteiger partial charge >= 0.3 is 0 Å². The molecule has 1 N–H and O–H groups in total. The molecule has 9 heteroatoms. The fourth-order valence-electron chi connectivity index (χ4n) is 2.80. The average Bonchev–Trinajstić information content (AvgIpc) is 3.15. The van der Waals surface area contributed by atoms with Crippen molar-refractivity contribution in [3.8, 4) is 0 Å². The highest BCUT2D eigenvalue weighted by Crippen LogP contribution is 2.32. The summed E-state index contributed by atoms with van der Waals surface area (Å²) in [7, 11) is -2.89. The maximum atomic E-state index is 11.8. The van der Waals surface area contributed by atoms with Crippen molar-refractivity contribution in [2.75, 3.05) is 17.3 Å². The Morgan fingerprint density at radius 1 is 1.39 bits per heavy atom. The molecule has 0 spiro atoms. The van der Waals surface area contributed by atoms with E-state index in [1.165, 1.54) is 24.6 Å². The van der Waals surface area contributed by atoms with E-state index in [2.05, 4.69) is 15.5 Å². The van der Waals surface area contributed by atoms with Gasteiger partial charge in [0.1, 0.15) is 0 Å². The summed E-state index contributed by atoms with van der Waals surface area (Å²) < 4.78 is 28.4. The number of rotatable bonds is 7. The van der Waals surface area contributed by atoms with E-state index in [1.807, 2.05) is 6.92 Å². The van der Waals surface area contributed by atoms with Gasteiger partial charge in [-0.2, -0.15) is 0 Å². The fraction of sp³-hybridized carbons (Fsp3) is 0.786. The lowest BCUT2D eigenvalue weighted by molar-refractivity contribution is -0.119. The van der Waals surface area contributed by atoms with Gasteiger partial charge in [-0.15, -0.1) is 10.2 Å². The fourth-order valence-corrected chi connectivity index (χ4v) is 5.25. The molecule has 1 saturated carbocycles. The lowest BCUT2D eigenvalue weighted by Gasteiger charge is -2.11. The molecule has 1 aliphatic heterocycles. The number of carbonyl (C=O) groups is 1. The molecular weight excluding hydrogens is 338 g/mol. The largest absolute Gasteiger partial charge is 0.416 e. The minimum atomic E-state index is -2.89. The molecule has 0 radical (unpaired) electrons. The standard InChI is InChI=1S/C14H21N3O4S2/c1-9(11-2-3-11)15-12(18)7-22-14-17-16-13(21-14)6-10-4-5-23(19,20)8-10/h9-11H,2-8H2,1H3,(H,15,18)/t9-,10+/m0/s1. The summed E-state index contributed by atoms with van der Waals surface area (Å²) in [5.74, 6) is 1.78. The Balaban J connectivity index is 1.43. The first-order valence-corrected chi connectivity index (χ1v) is 10.7. The zero-order valence-electron chi connectivity index (χ0n) is 13.0. The highest BCUT2D eigenvalue weighted by atomic mass is 32.2. The van der Waals surface area contributed by atoms with Crippen LogP contribution in [-0.4, -0.2) is 47.8 Å². The van der Waals surface area contributed by atoms with Crippen LogP contribution in [-0.2, 0) is 21.1 Å². The van der Waals surface area contributed by atoms with E-state index >= 15 is 0 Å². The zero-order chi connectivity index (χ0) is 16.4. The molecule has 7 nitrogen and oxygen atoms in total. The highest BCUT2D eigenvalue weighted by Gasteiger charge is 2.30. The monoisotopic (exact) mass is 359 g/mol. The van der Waals surface area contributed by atoms with Crippen molar-refractivity contribution in [2.45, 2.75) is 43.9 Å². The minimum Gasteiger partial charge on any atom is -0.416 e. The van der Waals surface area contributed by atoms with Gasteiger partial charge in [0, 0.05) is 12.5 Å². The van der Waals surface area contributed by atoms with Crippen LogP contribution in [0.3, 0.4) is 0 Å². The Morgan fingerprint density at radius 3 is 2.83 bits per heavy atom. The minimum absolute atomic E-state index is 0.0314. The number of sulfone groups is 1. The molecule has 2 fully saturated rings. The SMILES string of the molecule is C[C@H](NC(=O)CSc1nnc(C[C@H]2CCS(=O)(=O)C2)o1)C1CC1. The molecule has 0 aromatic carbocycles. The molecule has 1 aromatic heterocycles.